The second-order valence-corrected chi connectivity index (χ2v) is 4.06. The summed E-state index contributed by atoms with van der Waals surface area (Å²) in [5, 5.41) is 21.7. The minimum atomic E-state index is -0.743. The fourth-order valence-electron chi connectivity index (χ4n) is 1.28. The molecular formula is C11H23NO3. The molecule has 4 nitrogen and oxygen atoms in total. The highest BCUT2D eigenvalue weighted by molar-refractivity contribution is 5.78. The smallest absolute Gasteiger partial charge is 0.223 e. The van der Waals surface area contributed by atoms with Crippen LogP contribution in [-0.2, 0) is 4.79 Å². The molecule has 0 bridgehead atoms. The van der Waals surface area contributed by atoms with Gasteiger partial charge in [-0.25, -0.2) is 0 Å². The van der Waals surface area contributed by atoms with Crippen molar-refractivity contribution in [2.45, 2.75) is 58.8 Å². The second kappa shape index (κ2) is 6.80. The molecule has 0 saturated carbocycles. The van der Waals surface area contributed by atoms with Gasteiger partial charge in [0.05, 0.1) is 18.2 Å². The van der Waals surface area contributed by atoms with Gasteiger partial charge >= 0.3 is 0 Å². The van der Waals surface area contributed by atoms with E-state index >= 15 is 0 Å². The van der Waals surface area contributed by atoms with E-state index in [1.165, 1.54) is 0 Å². The van der Waals surface area contributed by atoms with Gasteiger partial charge in [0.15, 0.2) is 0 Å². The van der Waals surface area contributed by atoms with Crippen LogP contribution < -0.4 is 5.32 Å². The van der Waals surface area contributed by atoms with Crippen LogP contribution in [0, 0.1) is 5.92 Å². The van der Waals surface area contributed by atoms with Gasteiger partial charge in [0.2, 0.25) is 5.91 Å². The maximum absolute atomic E-state index is 11.6. The highest BCUT2D eigenvalue weighted by Gasteiger charge is 2.25. The summed E-state index contributed by atoms with van der Waals surface area (Å²) in [5.41, 5.74) is 0. The van der Waals surface area contributed by atoms with Crippen molar-refractivity contribution in [2.75, 3.05) is 0 Å². The minimum absolute atomic E-state index is 0.0877. The average Bonchev–Trinajstić information content (AvgIpc) is 2.22. The van der Waals surface area contributed by atoms with Crippen molar-refractivity contribution in [1.82, 2.24) is 5.32 Å². The lowest BCUT2D eigenvalue weighted by Crippen LogP contribution is -2.51. The Kier molecular flexibility index (Phi) is 6.52. The molecule has 4 atom stereocenters. The number of rotatable bonds is 6. The largest absolute Gasteiger partial charge is 0.391 e. The zero-order valence-electron chi connectivity index (χ0n) is 10.0. The van der Waals surface area contributed by atoms with Crippen molar-refractivity contribution < 1.29 is 15.0 Å². The van der Waals surface area contributed by atoms with E-state index in [9.17, 15) is 15.0 Å². The van der Waals surface area contributed by atoms with Crippen LogP contribution in [0.4, 0.5) is 0 Å². The van der Waals surface area contributed by atoms with Gasteiger partial charge in [-0.3, -0.25) is 4.79 Å². The third-order valence-corrected chi connectivity index (χ3v) is 2.72. The Morgan fingerprint density at radius 1 is 1.20 bits per heavy atom. The second-order valence-electron chi connectivity index (χ2n) is 4.06. The number of hydrogen-bond acceptors (Lipinski definition) is 3. The number of carbonyl (C=O) groups excluding carboxylic acids is 1. The van der Waals surface area contributed by atoms with E-state index in [-0.39, 0.29) is 11.8 Å². The Balaban J connectivity index is 4.35. The van der Waals surface area contributed by atoms with Crippen LogP contribution in [0.1, 0.15) is 40.5 Å². The van der Waals surface area contributed by atoms with Gasteiger partial charge in [0.1, 0.15) is 0 Å². The van der Waals surface area contributed by atoms with Gasteiger partial charge in [-0.05, 0) is 19.8 Å². The highest BCUT2D eigenvalue weighted by Crippen LogP contribution is 2.07. The Hall–Kier alpha value is -0.610. The van der Waals surface area contributed by atoms with E-state index in [2.05, 4.69) is 5.32 Å². The van der Waals surface area contributed by atoms with Gasteiger partial charge in [-0.1, -0.05) is 20.8 Å². The lowest BCUT2D eigenvalue weighted by molar-refractivity contribution is -0.127. The van der Waals surface area contributed by atoms with Crippen molar-refractivity contribution in [1.29, 1.82) is 0 Å². The number of amides is 1. The molecule has 0 aromatic heterocycles. The zero-order chi connectivity index (χ0) is 12.0. The van der Waals surface area contributed by atoms with E-state index in [0.717, 1.165) is 6.42 Å². The van der Waals surface area contributed by atoms with Crippen LogP contribution >= 0.6 is 0 Å². The molecule has 0 saturated heterocycles. The van der Waals surface area contributed by atoms with Crippen LogP contribution in [0.5, 0.6) is 0 Å². The SMILES string of the molecule is CCC(C)C(=O)NC(C(C)O)C(O)CC. The lowest BCUT2D eigenvalue weighted by atomic mass is 10.0. The quantitative estimate of drug-likeness (QED) is 0.612. The molecule has 1 amide bonds. The molecule has 0 aromatic carbocycles. The maximum Gasteiger partial charge on any atom is 0.223 e. The van der Waals surface area contributed by atoms with Crippen molar-refractivity contribution in [3.63, 3.8) is 0 Å². The molecule has 4 unspecified atom stereocenters. The molecule has 0 aliphatic carbocycles. The number of hydrogen-bond donors (Lipinski definition) is 3. The summed E-state index contributed by atoms with van der Waals surface area (Å²) < 4.78 is 0. The fraction of sp³-hybridized carbons (Fsp3) is 0.909. The van der Waals surface area contributed by atoms with Gasteiger partial charge < -0.3 is 15.5 Å². The molecule has 15 heavy (non-hydrogen) atoms. The topological polar surface area (TPSA) is 69.6 Å². The van der Waals surface area contributed by atoms with Crippen LogP contribution in [0.25, 0.3) is 0 Å². The molecular weight excluding hydrogens is 194 g/mol. The first-order valence-corrected chi connectivity index (χ1v) is 5.60. The molecule has 0 aliphatic rings. The normalized spacial score (nSPS) is 19.1. The van der Waals surface area contributed by atoms with Crippen molar-refractivity contribution in [3.05, 3.63) is 0 Å². The summed E-state index contributed by atoms with van der Waals surface area (Å²) in [5.74, 6) is -0.203. The summed E-state index contributed by atoms with van der Waals surface area (Å²) in [6.07, 6.45) is -0.178. The van der Waals surface area contributed by atoms with Crippen LogP contribution in [-0.4, -0.2) is 34.4 Å². The van der Waals surface area contributed by atoms with Crippen LogP contribution in [0.3, 0.4) is 0 Å². The molecule has 0 fully saturated rings. The third-order valence-electron chi connectivity index (χ3n) is 2.72. The first-order valence-electron chi connectivity index (χ1n) is 5.60. The molecule has 0 heterocycles. The predicted octanol–water partition coefficient (Wildman–Crippen LogP) is 0.669. The van der Waals surface area contributed by atoms with E-state index in [0.29, 0.717) is 6.42 Å². The summed E-state index contributed by atoms with van der Waals surface area (Å²) in [6.45, 7) is 7.14. The fourth-order valence-corrected chi connectivity index (χ4v) is 1.28. The Bertz CT molecular complexity index is 194. The van der Waals surface area contributed by atoms with E-state index < -0.39 is 18.2 Å². The Labute approximate surface area is 91.7 Å². The number of nitrogens with one attached hydrogen (secondary N) is 1. The molecule has 90 valence electrons. The van der Waals surface area contributed by atoms with Crippen molar-refractivity contribution >= 4 is 5.91 Å². The molecule has 0 rings (SSSR count). The Morgan fingerprint density at radius 2 is 1.73 bits per heavy atom. The molecule has 0 aliphatic heterocycles. The van der Waals surface area contributed by atoms with Gasteiger partial charge in [-0.15, -0.1) is 0 Å². The van der Waals surface area contributed by atoms with E-state index in [1.54, 1.807) is 6.92 Å². The lowest BCUT2D eigenvalue weighted by Gasteiger charge is -2.27. The standard InChI is InChI=1S/C11H23NO3/c1-5-7(3)11(15)12-10(8(4)13)9(14)6-2/h7-10,13-14H,5-6H2,1-4H3,(H,12,15). The van der Waals surface area contributed by atoms with Crippen LogP contribution in [0.15, 0.2) is 0 Å². The monoisotopic (exact) mass is 217 g/mol. The maximum atomic E-state index is 11.6. The number of aliphatic hydroxyl groups is 2. The van der Waals surface area contributed by atoms with E-state index in [1.807, 2.05) is 20.8 Å². The van der Waals surface area contributed by atoms with Gasteiger partial charge in [0.25, 0.3) is 0 Å². The first kappa shape index (κ1) is 14.4. The summed E-state index contributed by atoms with van der Waals surface area (Å²) >= 11 is 0. The number of carbonyl (C=O) groups is 1. The third kappa shape index (κ3) is 4.62. The summed E-state index contributed by atoms with van der Waals surface area (Å²) in [7, 11) is 0. The molecule has 4 heteroatoms. The molecule has 0 radical (unpaired) electrons. The van der Waals surface area contributed by atoms with Crippen molar-refractivity contribution in [3.8, 4) is 0 Å². The minimum Gasteiger partial charge on any atom is -0.391 e. The van der Waals surface area contributed by atoms with Gasteiger partial charge in [0, 0.05) is 5.92 Å². The number of aliphatic hydroxyl groups excluding tert-OH is 2. The molecule has 0 spiro atoms. The molecule has 3 N–H and O–H groups in total. The van der Waals surface area contributed by atoms with Crippen LogP contribution in [0.2, 0.25) is 0 Å². The Morgan fingerprint density at radius 3 is 2.07 bits per heavy atom. The summed E-state index contributed by atoms with van der Waals surface area (Å²) in [6, 6.07) is -0.573. The average molecular weight is 217 g/mol. The van der Waals surface area contributed by atoms with E-state index in [4.69, 9.17) is 0 Å². The predicted molar refractivity (Wildman–Crippen MR) is 59.4 cm³/mol. The van der Waals surface area contributed by atoms with Gasteiger partial charge in [-0.2, -0.15) is 0 Å². The highest BCUT2D eigenvalue weighted by atomic mass is 16.3. The molecule has 0 aromatic rings. The summed E-state index contributed by atoms with van der Waals surface area (Å²) in [4.78, 5) is 11.6. The first-order chi connectivity index (χ1) is 6.93. The zero-order valence-corrected chi connectivity index (χ0v) is 10.0. The van der Waals surface area contributed by atoms with Crippen molar-refractivity contribution in [2.24, 2.45) is 5.92 Å².